The van der Waals surface area contributed by atoms with Crippen molar-refractivity contribution in [1.29, 1.82) is 0 Å². The summed E-state index contributed by atoms with van der Waals surface area (Å²) in [5.41, 5.74) is 0.163. The number of hydrogen-bond acceptors (Lipinski definition) is 2. The van der Waals surface area contributed by atoms with E-state index in [-0.39, 0.29) is 16.3 Å². The minimum atomic E-state index is -0.753. The Labute approximate surface area is 123 Å². The summed E-state index contributed by atoms with van der Waals surface area (Å²) in [7, 11) is 0. The van der Waals surface area contributed by atoms with Crippen molar-refractivity contribution in [2.75, 3.05) is 6.61 Å². The molecule has 0 heterocycles. The van der Waals surface area contributed by atoms with E-state index in [0.29, 0.717) is 5.02 Å². The van der Waals surface area contributed by atoms with Gasteiger partial charge in [-0.05, 0) is 30.3 Å². The highest BCUT2D eigenvalue weighted by Crippen LogP contribution is 2.22. The van der Waals surface area contributed by atoms with E-state index in [4.69, 9.17) is 27.9 Å². The van der Waals surface area contributed by atoms with Crippen molar-refractivity contribution in [2.45, 2.75) is 0 Å². The maximum atomic E-state index is 13.3. The third-order valence-corrected chi connectivity index (χ3v) is 3.05. The molecule has 0 aromatic heterocycles. The van der Waals surface area contributed by atoms with Crippen molar-refractivity contribution in [3.63, 3.8) is 0 Å². The summed E-state index contributed by atoms with van der Waals surface area (Å²) >= 11 is 11.6. The molecule has 0 aliphatic carbocycles. The number of hydrogen-bond donors (Lipinski definition) is 0. The van der Waals surface area contributed by atoms with Gasteiger partial charge in [0, 0.05) is 16.7 Å². The molecule has 6 heteroatoms. The second kappa shape index (κ2) is 6.20. The van der Waals surface area contributed by atoms with E-state index in [1.807, 2.05) is 0 Å². The predicted octanol–water partition coefficient (Wildman–Crippen LogP) is 4.53. The highest BCUT2D eigenvalue weighted by Gasteiger charge is 2.13. The number of rotatable bonds is 4. The molecule has 0 bridgehead atoms. The lowest BCUT2D eigenvalue weighted by molar-refractivity contribution is 0.0918. The summed E-state index contributed by atoms with van der Waals surface area (Å²) in [4.78, 5) is 11.9. The molecule has 0 aliphatic rings. The first kappa shape index (κ1) is 14.8. The Morgan fingerprint density at radius 1 is 1.10 bits per heavy atom. The topological polar surface area (TPSA) is 26.3 Å². The largest absolute Gasteiger partial charge is 0.482 e. The summed E-state index contributed by atoms with van der Waals surface area (Å²) in [6.45, 7) is -0.472. The van der Waals surface area contributed by atoms with Gasteiger partial charge in [-0.2, -0.15) is 0 Å². The van der Waals surface area contributed by atoms with E-state index in [2.05, 4.69) is 0 Å². The van der Waals surface area contributed by atoms with Gasteiger partial charge in [-0.1, -0.05) is 23.2 Å². The minimum Gasteiger partial charge on any atom is -0.482 e. The summed E-state index contributed by atoms with van der Waals surface area (Å²) in [5, 5.41) is 0.553. The SMILES string of the molecule is O=C(COc1cc(F)ccc1F)c1cc(Cl)ccc1Cl. The zero-order chi connectivity index (χ0) is 14.7. The van der Waals surface area contributed by atoms with Gasteiger partial charge in [0.1, 0.15) is 5.82 Å². The van der Waals surface area contributed by atoms with Crippen molar-refractivity contribution in [2.24, 2.45) is 0 Å². The molecule has 20 heavy (non-hydrogen) atoms. The van der Waals surface area contributed by atoms with Crippen LogP contribution in [-0.4, -0.2) is 12.4 Å². The number of Topliss-reactive ketones (excluding diaryl/α,β-unsaturated/α-hetero) is 1. The zero-order valence-electron chi connectivity index (χ0n) is 10.00. The van der Waals surface area contributed by atoms with E-state index in [1.165, 1.54) is 18.2 Å². The number of ketones is 1. The van der Waals surface area contributed by atoms with E-state index in [0.717, 1.165) is 18.2 Å². The molecule has 0 spiro atoms. The summed E-state index contributed by atoms with van der Waals surface area (Å²) in [6, 6.07) is 7.13. The number of benzene rings is 2. The Balaban J connectivity index is 2.12. The fourth-order valence-electron chi connectivity index (χ4n) is 1.52. The number of carbonyl (C=O) groups excluding carboxylic acids is 1. The molecule has 0 fully saturated rings. The summed E-state index contributed by atoms with van der Waals surface area (Å²) < 4.78 is 31.2. The maximum absolute atomic E-state index is 13.3. The molecular formula is C14H8Cl2F2O2. The monoisotopic (exact) mass is 316 g/mol. The van der Waals surface area contributed by atoms with Crippen LogP contribution in [0.15, 0.2) is 36.4 Å². The van der Waals surface area contributed by atoms with Crippen LogP contribution in [0.2, 0.25) is 10.0 Å². The van der Waals surface area contributed by atoms with Gasteiger partial charge in [-0.25, -0.2) is 8.78 Å². The van der Waals surface area contributed by atoms with Crippen LogP contribution in [0.1, 0.15) is 10.4 Å². The van der Waals surface area contributed by atoms with Gasteiger partial charge in [0.05, 0.1) is 5.02 Å². The van der Waals surface area contributed by atoms with Crippen LogP contribution in [0.25, 0.3) is 0 Å². The molecule has 0 saturated heterocycles. The molecule has 0 radical (unpaired) electrons. The van der Waals surface area contributed by atoms with Crippen LogP contribution < -0.4 is 4.74 Å². The fourth-order valence-corrected chi connectivity index (χ4v) is 1.92. The molecule has 2 rings (SSSR count). The third-order valence-electron chi connectivity index (χ3n) is 2.48. The van der Waals surface area contributed by atoms with Crippen LogP contribution in [0.5, 0.6) is 5.75 Å². The lowest BCUT2D eigenvalue weighted by atomic mass is 10.1. The normalized spacial score (nSPS) is 10.4. The standard InChI is InChI=1S/C14H8Cl2F2O2/c15-8-1-3-11(16)10(5-8)13(19)7-20-14-6-9(17)2-4-12(14)18/h1-6H,7H2. The quantitative estimate of drug-likeness (QED) is 0.774. The molecule has 0 saturated carbocycles. The lowest BCUT2D eigenvalue weighted by Crippen LogP contribution is -2.13. The Kier molecular flexibility index (Phi) is 4.57. The predicted molar refractivity (Wildman–Crippen MR) is 72.6 cm³/mol. The molecule has 2 aromatic rings. The smallest absolute Gasteiger partial charge is 0.201 e. The minimum absolute atomic E-state index is 0.163. The van der Waals surface area contributed by atoms with Gasteiger partial charge in [0.2, 0.25) is 5.78 Å². The van der Waals surface area contributed by atoms with E-state index >= 15 is 0 Å². The molecular weight excluding hydrogens is 309 g/mol. The molecule has 0 unspecified atom stereocenters. The van der Waals surface area contributed by atoms with Crippen LogP contribution in [0, 0.1) is 11.6 Å². The van der Waals surface area contributed by atoms with Crippen LogP contribution in [0.3, 0.4) is 0 Å². The van der Waals surface area contributed by atoms with Crippen LogP contribution >= 0.6 is 23.2 Å². The van der Waals surface area contributed by atoms with Gasteiger partial charge >= 0.3 is 0 Å². The highest BCUT2D eigenvalue weighted by molar-refractivity contribution is 6.35. The van der Waals surface area contributed by atoms with E-state index in [9.17, 15) is 13.6 Å². The fraction of sp³-hybridized carbons (Fsp3) is 0.0714. The Morgan fingerprint density at radius 3 is 2.60 bits per heavy atom. The van der Waals surface area contributed by atoms with Gasteiger partial charge in [0.25, 0.3) is 0 Å². The highest BCUT2D eigenvalue weighted by atomic mass is 35.5. The molecule has 0 amide bonds. The van der Waals surface area contributed by atoms with Crippen LogP contribution in [-0.2, 0) is 0 Å². The average molecular weight is 317 g/mol. The Bertz CT molecular complexity index is 660. The third kappa shape index (κ3) is 3.46. The average Bonchev–Trinajstić information content (AvgIpc) is 2.42. The van der Waals surface area contributed by atoms with Gasteiger partial charge in [0.15, 0.2) is 18.2 Å². The Hall–Kier alpha value is -1.65. The summed E-state index contributed by atoms with van der Waals surface area (Å²) in [5.74, 6) is -2.23. The summed E-state index contributed by atoms with van der Waals surface area (Å²) in [6.07, 6.45) is 0. The molecule has 0 atom stereocenters. The number of halogens is 4. The molecule has 104 valence electrons. The molecule has 0 aliphatic heterocycles. The second-order valence-corrected chi connectivity index (χ2v) is 4.75. The van der Waals surface area contributed by atoms with Crippen molar-refractivity contribution in [3.05, 3.63) is 63.6 Å². The Morgan fingerprint density at radius 2 is 1.85 bits per heavy atom. The van der Waals surface area contributed by atoms with Gasteiger partial charge in [-0.15, -0.1) is 0 Å². The van der Waals surface area contributed by atoms with Crippen molar-refractivity contribution in [3.8, 4) is 5.75 Å². The molecule has 2 aromatic carbocycles. The van der Waals surface area contributed by atoms with Crippen molar-refractivity contribution in [1.82, 2.24) is 0 Å². The lowest BCUT2D eigenvalue weighted by Gasteiger charge is -2.08. The first-order chi connectivity index (χ1) is 9.47. The number of carbonyl (C=O) groups is 1. The maximum Gasteiger partial charge on any atom is 0.201 e. The van der Waals surface area contributed by atoms with Gasteiger partial charge in [-0.3, -0.25) is 4.79 Å². The molecule has 0 N–H and O–H groups in total. The van der Waals surface area contributed by atoms with Crippen molar-refractivity contribution >= 4 is 29.0 Å². The van der Waals surface area contributed by atoms with Gasteiger partial charge < -0.3 is 4.74 Å². The van der Waals surface area contributed by atoms with Crippen LogP contribution in [0.4, 0.5) is 8.78 Å². The zero-order valence-corrected chi connectivity index (χ0v) is 11.5. The van der Waals surface area contributed by atoms with Crippen molar-refractivity contribution < 1.29 is 18.3 Å². The number of ether oxygens (including phenoxy) is 1. The van der Waals surface area contributed by atoms with E-state index < -0.39 is 24.0 Å². The first-order valence-corrected chi connectivity index (χ1v) is 6.29. The molecule has 2 nitrogen and oxygen atoms in total. The second-order valence-electron chi connectivity index (χ2n) is 3.91. The van der Waals surface area contributed by atoms with E-state index in [1.54, 1.807) is 0 Å². The first-order valence-electron chi connectivity index (χ1n) is 5.53.